The van der Waals surface area contributed by atoms with Gasteiger partial charge in [-0.1, -0.05) is 0 Å². The molecule has 0 aliphatic carbocycles. The van der Waals surface area contributed by atoms with Gasteiger partial charge < -0.3 is 9.88 Å². The van der Waals surface area contributed by atoms with Gasteiger partial charge in [0.25, 0.3) is 10.0 Å². The molecule has 1 saturated heterocycles. The zero-order chi connectivity index (χ0) is 15.6. The van der Waals surface area contributed by atoms with Crippen LogP contribution in [-0.4, -0.2) is 60.3 Å². The van der Waals surface area contributed by atoms with E-state index < -0.39 is 10.0 Å². The zero-order valence-corrected chi connectivity index (χ0v) is 14.2. The number of aryl methyl sites for hydroxylation is 1. The van der Waals surface area contributed by atoms with Crippen LogP contribution in [0.1, 0.15) is 32.5 Å². The molecular weight excluding hydrogens is 288 g/mol. The number of H-pyrrole nitrogens is 1. The number of rotatable bonds is 5. The molecule has 0 aromatic carbocycles. The minimum absolute atomic E-state index is 0.206. The first kappa shape index (κ1) is 16.5. The van der Waals surface area contributed by atoms with Crippen molar-refractivity contribution >= 4 is 10.0 Å². The summed E-state index contributed by atoms with van der Waals surface area (Å²) in [7, 11) is -1.28. The Balaban J connectivity index is 1.95. The van der Waals surface area contributed by atoms with Crippen molar-refractivity contribution in [1.29, 1.82) is 0 Å². The van der Waals surface area contributed by atoms with Gasteiger partial charge in [0.1, 0.15) is 5.82 Å². The number of aromatic nitrogens is 2. The van der Waals surface area contributed by atoms with Crippen molar-refractivity contribution < 1.29 is 8.42 Å². The van der Waals surface area contributed by atoms with Gasteiger partial charge in [0, 0.05) is 25.7 Å². The summed E-state index contributed by atoms with van der Waals surface area (Å²) in [5, 5.41) is 0.206. The lowest BCUT2D eigenvalue weighted by Crippen LogP contribution is -2.42. The zero-order valence-electron chi connectivity index (χ0n) is 13.3. The van der Waals surface area contributed by atoms with E-state index in [2.05, 4.69) is 35.8 Å². The second-order valence-electron chi connectivity index (χ2n) is 6.21. The molecule has 1 aromatic rings. The molecule has 0 atom stereocenters. The summed E-state index contributed by atoms with van der Waals surface area (Å²) in [5.41, 5.74) is 0. The van der Waals surface area contributed by atoms with Gasteiger partial charge in [-0.25, -0.2) is 13.4 Å². The maximum absolute atomic E-state index is 12.5. The average molecular weight is 314 g/mol. The molecule has 2 rings (SSSR count). The second-order valence-corrected chi connectivity index (χ2v) is 8.12. The Bertz CT molecular complexity index is 559. The van der Waals surface area contributed by atoms with E-state index in [-0.39, 0.29) is 5.03 Å². The highest BCUT2D eigenvalue weighted by Crippen LogP contribution is 2.23. The summed E-state index contributed by atoms with van der Waals surface area (Å²) in [6.07, 6.45) is 3.25. The Morgan fingerprint density at radius 2 is 2.05 bits per heavy atom. The summed E-state index contributed by atoms with van der Waals surface area (Å²) >= 11 is 0. The molecule has 1 aliphatic heterocycles. The van der Waals surface area contributed by atoms with Crippen LogP contribution in [0, 0.1) is 12.8 Å². The Hall–Kier alpha value is -0.920. The third-order valence-electron chi connectivity index (χ3n) is 4.30. The molecule has 1 N–H and O–H groups in total. The fraction of sp³-hybridized carbons (Fsp3) is 0.786. The Labute approximate surface area is 127 Å². The van der Waals surface area contributed by atoms with Crippen molar-refractivity contribution in [2.75, 3.05) is 26.7 Å². The summed E-state index contributed by atoms with van der Waals surface area (Å²) < 4.78 is 26.5. The number of aromatic amines is 1. The van der Waals surface area contributed by atoms with E-state index >= 15 is 0 Å². The van der Waals surface area contributed by atoms with Gasteiger partial charge in [0.15, 0.2) is 5.03 Å². The molecular formula is C14H26N4O2S. The molecule has 0 unspecified atom stereocenters. The lowest BCUT2D eigenvalue weighted by Gasteiger charge is -2.34. The lowest BCUT2D eigenvalue weighted by molar-refractivity contribution is 0.181. The van der Waals surface area contributed by atoms with Crippen molar-refractivity contribution in [2.45, 2.75) is 44.7 Å². The molecule has 0 amide bonds. The van der Waals surface area contributed by atoms with Crippen LogP contribution in [0.25, 0.3) is 0 Å². The van der Waals surface area contributed by atoms with Gasteiger partial charge in [-0.3, -0.25) is 0 Å². The molecule has 6 nitrogen and oxygen atoms in total. The molecule has 120 valence electrons. The molecule has 1 fully saturated rings. The predicted octanol–water partition coefficient (Wildman–Crippen LogP) is 1.46. The number of imidazole rings is 1. The number of hydrogen-bond donors (Lipinski definition) is 1. The third kappa shape index (κ3) is 3.84. The van der Waals surface area contributed by atoms with Crippen molar-refractivity contribution in [1.82, 2.24) is 19.2 Å². The van der Waals surface area contributed by atoms with E-state index in [4.69, 9.17) is 0 Å². The minimum atomic E-state index is -3.41. The first-order valence-corrected chi connectivity index (χ1v) is 8.96. The number of nitrogens with zero attached hydrogens (tertiary/aromatic N) is 3. The smallest absolute Gasteiger partial charge is 0.260 e. The van der Waals surface area contributed by atoms with Crippen LogP contribution in [0.5, 0.6) is 0 Å². The first-order valence-electron chi connectivity index (χ1n) is 7.52. The van der Waals surface area contributed by atoms with Crippen molar-refractivity contribution in [3.8, 4) is 0 Å². The molecule has 2 heterocycles. The molecule has 0 saturated carbocycles. The Morgan fingerprint density at radius 3 is 2.52 bits per heavy atom. The van der Waals surface area contributed by atoms with Gasteiger partial charge in [-0.15, -0.1) is 0 Å². The van der Waals surface area contributed by atoms with Crippen LogP contribution in [0.3, 0.4) is 0 Å². The van der Waals surface area contributed by atoms with Gasteiger partial charge >= 0.3 is 0 Å². The standard InChI is InChI=1S/C14H26N4O2S/c1-11(2)17(4)10-13-5-7-18(8-6-13)21(19,20)14-9-15-12(3)16-14/h9,11,13H,5-8,10H2,1-4H3,(H,15,16). The van der Waals surface area contributed by atoms with Crippen LogP contribution in [0.2, 0.25) is 0 Å². The maximum atomic E-state index is 12.5. The van der Waals surface area contributed by atoms with Crippen LogP contribution in [-0.2, 0) is 10.0 Å². The minimum Gasteiger partial charge on any atom is -0.332 e. The maximum Gasteiger partial charge on any atom is 0.260 e. The number of hydrogen-bond acceptors (Lipinski definition) is 4. The second kappa shape index (κ2) is 6.46. The molecule has 0 spiro atoms. The average Bonchev–Trinajstić information content (AvgIpc) is 2.86. The lowest BCUT2D eigenvalue weighted by atomic mass is 9.97. The topological polar surface area (TPSA) is 69.3 Å². The molecule has 7 heteroatoms. The quantitative estimate of drug-likeness (QED) is 0.893. The van der Waals surface area contributed by atoms with E-state index in [1.807, 2.05) is 0 Å². The highest BCUT2D eigenvalue weighted by atomic mass is 32.2. The molecule has 0 radical (unpaired) electrons. The van der Waals surface area contributed by atoms with E-state index in [1.54, 1.807) is 11.2 Å². The molecule has 1 aliphatic rings. The highest BCUT2D eigenvalue weighted by Gasteiger charge is 2.31. The van der Waals surface area contributed by atoms with Crippen LogP contribution >= 0.6 is 0 Å². The first-order chi connectivity index (χ1) is 9.80. The van der Waals surface area contributed by atoms with E-state index in [9.17, 15) is 8.42 Å². The monoisotopic (exact) mass is 314 g/mol. The Kier molecular flexibility index (Phi) is 5.06. The largest absolute Gasteiger partial charge is 0.332 e. The van der Waals surface area contributed by atoms with Crippen molar-refractivity contribution in [3.63, 3.8) is 0 Å². The van der Waals surface area contributed by atoms with Crippen LogP contribution < -0.4 is 0 Å². The normalized spacial score (nSPS) is 18.8. The van der Waals surface area contributed by atoms with Crippen LogP contribution in [0.4, 0.5) is 0 Å². The Morgan fingerprint density at radius 1 is 1.43 bits per heavy atom. The third-order valence-corrected chi connectivity index (χ3v) is 6.11. The van der Waals surface area contributed by atoms with E-state index in [1.165, 1.54) is 6.20 Å². The highest BCUT2D eigenvalue weighted by molar-refractivity contribution is 7.89. The molecule has 21 heavy (non-hydrogen) atoms. The number of piperidine rings is 1. The van der Waals surface area contributed by atoms with Gasteiger partial charge in [-0.05, 0) is 46.6 Å². The van der Waals surface area contributed by atoms with Gasteiger partial charge in [0.2, 0.25) is 0 Å². The number of nitrogens with one attached hydrogen (secondary N) is 1. The summed E-state index contributed by atoms with van der Waals surface area (Å²) in [6, 6.07) is 0.528. The van der Waals surface area contributed by atoms with E-state index in [0.717, 1.165) is 19.4 Å². The number of sulfonamides is 1. The van der Waals surface area contributed by atoms with Gasteiger partial charge in [0.05, 0.1) is 6.20 Å². The fourth-order valence-electron chi connectivity index (χ4n) is 2.62. The van der Waals surface area contributed by atoms with E-state index in [0.29, 0.717) is 30.9 Å². The predicted molar refractivity (Wildman–Crippen MR) is 82.6 cm³/mol. The van der Waals surface area contributed by atoms with Crippen molar-refractivity contribution in [3.05, 3.63) is 12.0 Å². The summed E-state index contributed by atoms with van der Waals surface area (Å²) in [5.74, 6) is 1.20. The SMILES string of the molecule is Cc1ncc(S(=O)(=O)N2CCC(CN(C)C(C)C)CC2)[nH]1. The van der Waals surface area contributed by atoms with Crippen molar-refractivity contribution in [2.24, 2.45) is 5.92 Å². The molecule has 0 bridgehead atoms. The fourth-order valence-corrected chi connectivity index (χ4v) is 4.05. The van der Waals surface area contributed by atoms with Gasteiger partial charge in [-0.2, -0.15) is 4.31 Å². The van der Waals surface area contributed by atoms with Crippen LogP contribution in [0.15, 0.2) is 11.2 Å². The summed E-state index contributed by atoms with van der Waals surface area (Å²) in [6.45, 7) is 8.34. The molecule has 1 aromatic heterocycles. The summed E-state index contributed by atoms with van der Waals surface area (Å²) in [4.78, 5) is 9.13.